The molecule has 3 aromatic rings. The largest absolute Gasteiger partial charge is 0.378 e. The number of benzene rings is 2. The van der Waals surface area contributed by atoms with Crippen LogP contribution in [0.1, 0.15) is 41.6 Å². The van der Waals surface area contributed by atoms with Crippen molar-refractivity contribution in [3.05, 3.63) is 71.7 Å². The Balaban J connectivity index is 1.80. The van der Waals surface area contributed by atoms with E-state index < -0.39 is 0 Å². The summed E-state index contributed by atoms with van der Waals surface area (Å²) >= 11 is 0. The van der Waals surface area contributed by atoms with Crippen LogP contribution in [0.3, 0.4) is 0 Å². The molecule has 0 aliphatic carbocycles. The minimum Gasteiger partial charge on any atom is -0.378 e. The lowest BCUT2D eigenvalue weighted by Gasteiger charge is -2.15. The van der Waals surface area contributed by atoms with E-state index in [1.165, 1.54) is 0 Å². The molecule has 0 bridgehead atoms. The highest BCUT2D eigenvalue weighted by Crippen LogP contribution is 2.24. The quantitative estimate of drug-likeness (QED) is 0.623. The average Bonchev–Trinajstić information content (AvgIpc) is 2.68. The number of carbonyl (C=O) groups is 1. The van der Waals surface area contributed by atoms with E-state index in [9.17, 15) is 4.79 Å². The Labute approximate surface area is 172 Å². The topological polar surface area (TPSA) is 70.2 Å². The summed E-state index contributed by atoms with van der Waals surface area (Å²) in [7, 11) is 4.00. The fraction of sp³-hybridized carbons (Fsp3) is 0.261. The van der Waals surface area contributed by atoms with Crippen LogP contribution in [0.15, 0.2) is 54.6 Å². The average molecular weight is 390 g/mol. The first kappa shape index (κ1) is 20.3. The molecule has 0 saturated carbocycles. The molecule has 150 valence electrons. The second-order valence-corrected chi connectivity index (χ2v) is 7.45. The first-order valence-corrected chi connectivity index (χ1v) is 9.64. The first-order chi connectivity index (χ1) is 13.8. The fourth-order valence-corrected chi connectivity index (χ4v) is 3.04. The van der Waals surface area contributed by atoms with Crippen LogP contribution in [-0.2, 0) is 0 Å². The summed E-state index contributed by atoms with van der Waals surface area (Å²) in [4.78, 5) is 23.6. The molecule has 1 aromatic heterocycles. The van der Waals surface area contributed by atoms with Crippen molar-refractivity contribution in [3.63, 3.8) is 0 Å². The number of amides is 1. The minimum absolute atomic E-state index is 0.255. The number of hydrogen-bond acceptors (Lipinski definition) is 5. The highest BCUT2D eigenvalue weighted by molar-refractivity contribution is 6.03. The number of rotatable bonds is 6. The zero-order valence-corrected chi connectivity index (χ0v) is 17.5. The molecule has 2 N–H and O–H groups in total. The maximum atomic E-state index is 12.8. The van der Waals surface area contributed by atoms with Gasteiger partial charge in [0.2, 0.25) is 0 Å². The molecule has 3 rings (SSSR count). The molecule has 1 amide bonds. The summed E-state index contributed by atoms with van der Waals surface area (Å²) in [6.07, 6.45) is 0. The molecule has 0 saturated heterocycles. The van der Waals surface area contributed by atoms with E-state index in [0.717, 1.165) is 22.6 Å². The molecule has 1 heterocycles. The molecule has 6 nitrogen and oxygen atoms in total. The van der Waals surface area contributed by atoms with Gasteiger partial charge >= 0.3 is 0 Å². The van der Waals surface area contributed by atoms with Gasteiger partial charge in [0.1, 0.15) is 17.3 Å². The van der Waals surface area contributed by atoms with E-state index in [-0.39, 0.29) is 5.91 Å². The number of aromatic nitrogens is 2. The lowest BCUT2D eigenvalue weighted by Crippen LogP contribution is -2.16. The first-order valence-electron chi connectivity index (χ1n) is 9.64. The SMILES string of the molecule is Cc1nc(Nc2ccc(N(C)C)cc2)cc(C(=O)Nc2ccccc2C(C)C)n1. The second kappa shape index (κ2) is 8.73. The van der Waals surface area contributed by atoms with E-state index in [1.807, 2.05) is 67.5 Å². The van der Waals surface area contributed by atoms with Gasteiger partial charge in [-0.25, -0.2) is 9.97 Å². The maximum Gasteiger partial charge on any atom is 0.274 e. The van der Waals surface area contributed by atoms with Crippen molar-refractivity contribution in [2.45, 2.75) is 26.7 Å². The van der Waals surface area contributed by atoms with Crippen molar-refractivity contribution in [1.82, 2.24) is 9.97 Å². The Hall–Kier alpha value is -3.41. The van der Waals surface area contributed by atoms with Crippen LogP contribution in [0, 0.1) is 6.92 Å². The van der Waals surface area contributed by atoms with Gasteiger partial charge in [0.15, 0.2) is 0 Å². The minimum atomic E-state index is -0.255. The van der Waals surface area contributed by atoms with Crippen molar-refractivity contribution in [2.75, 3.05) is 29.6 Å². The predicted octanol–water partition coefficient (Wildman–Crippen LogP) is 4.97. The van der Waals surface area contributed by atoms with Gasteiger partial charge in [-0.05, 0) is 48.7 Å². The Morgan fingerprint density at radius 3 is 2.34 bits per heavy atom. The summed E-state index contributed by atoms with van der Waals surface area (Å²) in [6.45, 7) is 5.98. The smallest absolute Gasteiger partial charge is 0.274 e. The number of carbonyl (C=O) groups excluding carboxylic acids is 1. The van der Waals surface area contributed by atoms with Gasteiger partial charge in [0, 0.05) is 37.2 Å². The summed E-state index contributed by atoms with van der Waals surface area (Å²) < 4.78 is 0. The Bertz CT molecular complexity index is 996. The van der Waals surface area contributed by atoms with E-state index in [4.69, 9.17) is 0 Å². The number of nitrogens with zero attached hydrogens (tertiary/aromatic N) is 3. The van der Waals surface area contributed by atoms with E-state index in [2.05, 4.69) is 34.4 Å². The van der Waals surface area contributed by atoms with Gasteiger partial charge in [-0.15, -0.1) is 0 Å². The third kappa shape index (κ3) is 5.10. The van der Waals surface area contributed by atoms with Gasteiger partial charge in [-0.1, -0.05) is 32.0 Å². The van der Waals surface area contributed by atoms with Gasteiger partial charge in [0.25, 0.3) is 5.91 Å². The van der Waals surface area contributed by atoms with Crippen molar-refractivity contribution < 1.29 is 4.79 Å². The highest BCUT2D eigenvalue weighted by atomic mass is 16.1. The van der Waals surface area contributed by atoms with E-state index in [0.29, 0.717) is 23.3 Å². The highest BCUT2D eigenvalue weighted by Gasteiger charge is 2.14. The van der Waals surface area contributed by atoms with Gasteiger partial charge in [-0.2, -0.15) is 0 Å². The molecule has 0 atom stereocenters. The van der Waals surface area contributed by atoms with Crippen LogP contribution in [0.25, 0.3) is 0 Å². The van der Waals surface area contributed by atoms with Crippen LogP contribution in [0.5, 0.6) is 0 Å². The van der Waals surface area contributed by atoms with Crippen molar-refractivity contribution in [3.8, 4) is 0 Å². The lowest BCUT2D eigenvalue weighted by atomic mass is 10.0. The van der Waals surface area contributed by atoms with Crippen LogP contribution in [0.4, 0.5) is 22.9 Å². The molecule has 0 unspecified atom stereocenters. The zero-order chi connectivity index (χ0) is 21.0. The molecule has 6 heteroatoms. The standard InChI is InChI=1S/C23H27N5O/c1-15(2)19-8-6-7-9-20(19)27-23(29)21-14-22(25-16(3)24-21)26-17-10-12-18(13-11-17)28(4)5/h6-15H,1-5H3,(H,27,29)(H,24,25,26). The van der Waals surface area contributed by atoms with Crippen molar-refractivity contribution in [1.29, 1.82) is 0 Å². The van der Waals surface area contributed by atoms with Gasteiger partial charge < -0.3 is 15.5 Å². The molecule has 2 aromatic carbocycles. The molecular weight excluding hydrogens is 362 g/mol. The number of aryl methyl sites for hydroxylation is 1. The van der Waals surface area contributed by atoms with Crippen LogP contribution >= 0.6 is 0 Å². The number of hydrogen-bond donors (Lipinski definition) is 2. The van der Waals surface area contributed by atoms with Crippen LogP contribution in [-0.4, -0.2) is 30.0 Å². The fourth-order valence-electron chi connectivity index (χ4n) is 3.04. The molecule has 0 aliphatic rings. The summed E-state index contributed by atoms with van der Waals surface area (Å²) in [5.41, 5.74) is 4.22. The maximum absolute atomic E-state index is 12.8. The van der Waals surface area contributed by atoms with Crippen molar-refractivity contribution >= 4 is 28.8 Å². The summed E-state index contributed by atoms with van der Waals surface area (Å²) in [5, 5.41) is 6.23. The number of nitrogens with one attached hydrogen (secondary N) is 2. The Morgan fingerprint density at radius 1 is 1.00 bits per heavy atom. The molecule has 0 spiro atoms. The monoisotopic (exact) mass is 389 g/mol. The molecule has 29 heavy (non-hydrogen) atoms. The molecule has 0 fully saturated rings. The predicted molar refractivity (Wildman–Crippen MR) is 119 cm³/mol. The second-order valence-electron chi connectivity index (χ2n) is 7.45. The lowest BCUT2D eigenvalue weighted by molar-refractivity contribution is 0.102. The Kier molecular flexibility index (Phi) is 6.12. The summed E-state index contributed by atoms with van der Waals surface area (Å²) in [6, 6.07) is 17.5. The van der Waals surface area contributed by atoms with E-state index in [1.54, 1.807) is 13.0 Å². The normalized spacial score (nSPS) is 10.7. The number of anilines is 4. The Morgan fingerprint density at radius 2 is 1.69 bits per heavy atom. The van der Waals surface area contributed by atoms with Gasteiger partial charge in [-0.3, -0.25) is 4.79 Å². The number of para-hydroxylation sites is 1. The van der Waals surface area contributed by atoms with Crippen molar-refractivity contribution in [2.24, 2.45) is 0 Å². The van der Waals surface area contributed by atoms with Crippen LogP contribution in [0.2, 0.25) is 0 Å². The third-order valence-electron chi connectivity index (χ3n) is 4.56. The van der Waals surface area contributed by atoms with Crippen LogP contribution < -0.4 is 15.5 Å². The van der Waals surface area contributed by atoms with Gasteiger partial charge in [0.05, 0.1) is 0 Å². The zero-order valence-electron chi connectivity index (χ0n) is 17.5. The molecule has 0 radical (unpaired) electrons. The molecular formula is C23H27N5O. The van der Waals surface area contributed by atoms with E-state index >= 15 is 0 Å². The molecule has 0 aliphatic heterocycles. The summed E-state index contributed by atoms with van der Waals surface area (Å²) in [5.74, 6) is 1.16. The third-order valence-corrected chi connectivity index (χ3v) is 4.56.